The van der Waals surface area contributed by atoms with Gasteiger partial charge >= 0.3 is 6.09 Å². The Morgan fingerprint density at radius 2 is 2.10 bits per heavy atom. The molecule has 1 aromatic heterocycles. The summed E-state index contributed by atoms with van der Waals surface area (Å²) in [7, 11) is 2.17. The van der Waals surface area contributed by atoms with E-state index in [1.807, 2.05) is 6.92 Å². The number of rotatable bonds is 7. The molecule has 1 saturated heterocycles. The first-order valence-electron chi connectivity index (χ1n) is 10.1. The van der Waals surface area contributed by atoms with Crippen LogP contribution in [0.4, 0.5) is 16.6 Å². The van der Waals surface area contributed by atoms with E-state index in [4.69, 9.17) is 4.74 Å². The number of benzene rings is 1. The lowest BCUT2D eigenvalue weighted by Gasteiger charge is -2.35. The Hall–Kier alpha value is -2.71. The summed E-state index contributed by atoms with van der Waals surface area (Å²) in [5.41, 5.74) is 3.28. The predicted octanol–water partition coefficient (Wildman–Crippen LogP) is 2.53. The second-order valence-corrected chi connectivity index (χ2v) is 7.68. The third-order valence-electron chi connectivity index (χ3n) is 5.63. The number of fused-ring (bicyclic) bond motifs is 1. The highest BCUT2D eigenvalue weighted by Gasteiger charge is 2.27. The van der Waals surface area contributed by atoms with Gasteiger partial charge in [-0.15, -0.1) is 0 Å². The van der Waals surface area contributed by atoms with Gasteiger partial charge in [-0.1, -0.05) is 24.3 Å². The lowest BCUT2D eigenvalue weighted by atomic mass is 10.0. The number of aromatic nitrogens is 2. The largest absolute Gasteiger partial charge is 0.444 e. The second-order valence-electron chi connectivity index (χ2n) is 7.68. The van der Waals surface area contributed by atoms with Gasteiger partial charge in [-0.25, -0.2) is 9.78 Å². The molecule has 2 aliphatic heterocycles. The van der Waals surface area contributed by atoms with Crippen molar-refractivity contribution < 1.29 is 9.53 Å². The molecule has 0 aliphatic carbocycles. The number of carbonyl (C=O) groups excluding carboxylic acids is 1. The van der Waals surface area contributed by atoms with Crippen LogP contribution in [0.25, 0.3) is 0 Å². The summed E-state index contributed by atoms with van der Waals surface area (Å²) >= 11 is 0. The van der Waals surface area contributed by atoms with E-state index < -0.39 is 0 Å². The van der Waals surface area contributed by atoms with Crippen LogP contribution in [0.2, 0.25) is 0 Å². The number of ether oxygens (including phenoxy) is 1. The Morgan fingerprint density at radius 3 is 2.76 bits per heavy atom. The molecule has 8 nitrogen and oxygen atoms in total. The van der Waals surface area contributed by atoms with Gasteiger partial charge in [-0.3, -0.25) is 9.80 Å². The van der Waals surface area contributed by atoms with Crippen molar-refractivity contribution in [3.8, 4) is 0 Å². The summed E-state index contributed by atoms with van der Waals surface area (Å²) in [4.78, 5) is 24.8. The SMILES string of the molecule is CCN1C(=O)OCc2cnc(N[C@@H](C)c3ccc(CN(C)C4CNC4)cc3)nc21. The number of nitrogens with zero attached hydrogens (tertiary/aromatic N) is 4. The van der Waals surface area contributed by atoms with Gasteiger partial charge in [0.05, 0.1) is 11.6 Å². The molecule has 0 radical (unpaired) electrons. The van der Waals surface area contributed by atoms with Crippen molar-refractivity contribution >= 4 is 17.9 Å². The van der Waals surface area contributed by atoms with Gasteiger partial charge in [-0.2, -0.15) is 4.98 Å². The van der Waals surface area contributed by atoms with Crippen LogP contribution in [0.1, 0.15) is 36.6 Å². The van der Waals surface area contributed by atoms with Gasteiger partial charge in [0.1, 0.15) is 12.4 Å². The zero-order valence-electron chi connectivity index (χ0n) is 17.2. The molecular formula is C21H28N6O2. The zero-order valence-corrected chi connectivity index (χ0v) is 17.2. The summed E-state index contributed by atoms with van der Waals surface area (Å²) < 4.78 is 5.14. The maximum atomic E-state index is 11.9. The van der Waals surface area contributed by atoms with Crippen LogP contribution in [-0.4, -0.2) is 53.7 Å². The van der Waals surface area contributed by atoms with E-state index in [9.17, 15) is 4.79 Å². The lowest BCUT2D eigenvalue weighted by Crippen LogP contribution is -2.55. The lowest BCUT2D eigenvalue weighted by molar-refractivity contribution is 0.141. The van der Waals surface area contributed by atoms with Crippen molar-refractivity contribution in [3.05, 3.63) is 47.2 Å². The van der Waals surface area contributed by atoms with E-state index >= 15 is 0 Å². The maximum absolute atomic E-state index is 11.9. The summed E-state index contributed by atoms with van der Waals surface area (Å²) in [5.74, 6) is 1.13. The van der Waals surface area contributed by atoms with Crippen molar-refractivity contribution in [1.29, 1.82) is 0 Å². The molecule has 0 spiro atoms. The average Bonchev–Trinajstić information content (AvgIpc) is 2.67. The highest BCUT2D eigenvalue weighted by molar-refractivity contribution is 5.89. The molecule has 4 rings (SSSR count). The number of cyclic esters (lactones) is 1. The summed E-state index contributed by atoms with van der Waals surface area (Å²) in [6.07, 6.45) is 1.36. The van der Waals surface area contributed by atoms with Crippen LogP contribution in [0.3, 0.4) is 0 Å². The number of nitrogens with one attached hydrogen (secondary N) is 2. The number of amides is 1. The van der Waals surface area contributed by atoms with Crippen molar-refractivity contribution in [2.45, 2.75) is 39.1 Å². The second kappa shape index (κ2) is 8.34. The van der Waals surface area contributed by atoms with Crippen molar-refractivity contribution in [2.24, 2.45) is 0 Å². The molecule has 0 bridgehead atoms. The van der Waals surface area contributed by atoms with Gasteiger partial charge in [0.15, 0.2) is 0 Å². The maximum Gasteiger partial charge on any atom is 0.415 e. The fourth-order valence-corrected chi connectivity index (χ4v) is 3.58. The first-order valence-corrected chi connectivity index (χ1v) is 10.1. The molecule has 0 unspecified atom stereocenters. The third-order valence-corrected chi connectivity index (χ3v) is 5.63. The van der Waals surface area contributed by atoms with E-state index in [1.54, 1.807) is 6.20 Å². The van der Waals surface area contributed by atoms with E-state index in [0.717, 1.165) is 30.8 Å². The Bertz CT molecular complexity index is 868. The quantitative estimate of drug-likeness (QED) is 0.744. The first-order chi connectivity index (χ1) is 14.0. The predicted molar refractivity (Wildman–Crippen MR) is 112 cm³/mol. The Balaban J connectivity index is 1.42. The topological polar surface area (TPSA) is 82.6 Å². The molecule has 2 aliphatic rings. The smallest absolute Gasteiger partial charge is 0.415 e. The van der Waals surface area contributed by atoms with Gasteiger partial charge in [0.25, 0.3) is 0 Å². The van der Waals surface area contributed by atoms with E-state index in [1.165, 1.54) is 10.5 Å². The zero-order chi connectivity index (χ0) is 20.4. The standard InChI is InChI=1S/C21H28N6O2/c1-4-27-19-17(13-29-21(27)28)9-23-20(25-19)24-14(2)16-7-5-15(6-8-16)12-26(3)18-10-22-11-18/h5-9,14,18,22H,4,10-13H2,1-3H3,(H,23,24,25)/t14-/m0/s1. The highest BCUT2D eigenvalue weighted by Crippen LogP contribution is 2.26. The number of likely N-dealkylation sites (N-methyl/N-ethyl adjacent to an activating group) is 1. The van der Waals surface area contributed by atoms with Gasteiger partial charge in [0.2, 0.25) is 5.95 Å². The first kappa shape index (κ1) is 19.6. The van der Waals surface area contributed by atoms with E-state index in [-0.39, 0.29) is 18.7 Å². The van der Waals surface area contributed by atoms with Crippen molar-refractivity contribution in [2.75, 3.05) is 36.9 Å². The Morgan fingerprint density at radius 1 is 1.34 bits per heavy atom. The number of anilines is 2. The molecule has 1 amide bonds. The van der Waals surface area contributed by atoms with Crippen molar-refractivity contribution in [1.82, 2.24) is 20.2 Å². The minimum atomic E-state index is -0.365. The number of hydrogen-bond donors (Lipinski definition) is 2. The van der Waals surface area contributed by atoms with Gasteiger partial charge in [0, 0.05) is 38.4 Å². The number of hydrogen-bond acceptors (Lipinski definition) is 7. The van der Waals surface area contributed by atoms with E-state index in [0.29, 0.717) is 24.4 Å². The molecule has 1 atom stereocenters. The fraction of sp³-hybridized carbons (Fsp3) is 0.476. The Labute approximate surface area is 171 Å². The molecule has 154 valence electrons. The van der Waals surface area contributed by atoms with Gasteiger partial charge in [-0.05, 0) is 32.0 Å². The summed E-state index contributed by atoms with van der Waals surface area (Å²) in [5, 5.41) is 6.66. The molecule has 8 heteroatoms. The van der Waals surface area contributed by atoms with Crippen LogP contribution in [0, 0.1) is 0 Å². The van der Waals surface area contributed by atoms with E-state index in [2.05, 4.69) is 63.7 Å². The Kier molecular flexibility index (Phi) is 5.64. The van der Waals surface area contributed by atoms with Crippen LogP contribution in [0.15, 0.2) is 30.5 Å². The monoisotopic (exact) mass is 396 g/mol. The third kappa shape index (κ3) is 4.18. The minimum Gasteiger partial charge on any atom is -0.444 e. The summed E-state index contributed by atoms with van der Waals surface area (Å²) in [6.45, 7) is 7.79. The normalized spacial score (nSPS) is 17.5. The molecule has 29 heavy (non-hydrogen) atoms. The molecule has 0 saturated carbocycles. The van der Waals surface area contributed by atoms with Gasteiger partial charge < -0.3 is 15.4 Å². The molecule has 2 aromatic rings. The average molecular weight is 396 g/mol. The molecule has 3 heterocycles. The van der Waals surface area contributed by atoms with Crippen LogP contribution < -0.4 is 15.5 Å². The van der Waals surface area contributed by atoms with Crippen molar-refractivity contribution in [3.63, 3.8) is 0 Å². The molecule has 2 N–H and O–H groups in total. The number of carbonyl (C=O) groups is 1. The van der Waals surface area contributed by atoms with Crippen LogP contribution in [0.5, 0.6) is 0 Å². The van der Waals surface area contributed by atoms with Crippen LogP contribution in [-0.2, 0) is 17.9 Å². The minimum absolute atomic E-state index is 0.0429. The molecular weight excluding hydrogens is 368 g/mol. The highest BCUT2D eigenvalue weighted by atomic mass is 16.6. The van der Waals surface area contributed by atoms with Crippen LogP contribution >= 0.6 is 0 Å². The fourth-order valence-electron chi connectivity index (χ4n) is 3.58. The molecule has 1 fully saturated rings. The summed E-state index contributed by atoms with van der Waals surface area (Å²) in [6, 6.07) is 9.33. The molecule has 1 aromatic carbocycles.